The fourth-order valence-corrected chi connectivity index (χ4v) is 2.13. The molecule has 1 amide bonds. The monoisotopic (exact) mass is 212 g/mol. The first-order valence-electron chi connectivity index (χ1n) is 6.26. The molecule has 88 valence electrons. The molecule has 1 aliphatic heterocycles. The molecule has 0 spiro atoms. The highest BCUT2D eigenvalue weighted by molar-refractivity contribution is 5.76. The van der Waals surface area contributed by atoms with Crippen LogP contribution in [-0.2, 0) is 4.79 Å². The molecule has 1 rings (SSSR count). The summed E-state index contributed by atoms with van der Waals surface area (Å²) in [6.07, 6.45) is 5.09. The number of nitrogens with one attached hydrogen (secondary N) is 2. The molecule has 2 N–H and O–H groups in total. The van der Waals surface area contributed by atoms with Crippen molar-refractivity contribution < 1.29 is 4.79 Å². The summed E-state index contributed by atoms with van der Waals surface area (Å²) in [7, 11) is 0. The molecule has 0 saturated carbocycles. The van der Waals surface area contributed by atoms with Gasteiger partial charge in [0, 0.05) is 12.5 Å². The minimum atomic E-state index is 0.246. The van der Waals surface area contributed by atoms with Crippen LogP contribution in [0.4, 0.5) is 0 Å². The van der Waals surface area contributed by atoms with Crippen LogP contribution in [0.5, 0.6) is 0 Å². The molecule has 0 atom stereocenters. The smallest absolute Gasteiger partial charge is 0.220 e. The number of carbonyl (C=O) groups is 1. The maximum Gasteiger partial charge on any atom is 0.220 e. The van der Waals surface area contributed by atoms with Gasteiger partial charge in [0.05, 0.1) is 0 Å². The van der Waals surface area contributed by atoms with Crippen molar-refractivity contribution in [2.45, 2.75) is 52.0 Å². The second kappa shape index (κ2) is 6.83. The van der Waals surface area contributed by atoms with Gasteiger partial charge in [-0.05, 0) is 44.7 Å². The highest BCUT2D eigenvalue weighted by atomic mass is 16.1. The van der Waals surface area contributed by atoms with Crippen molar-refractivity contribution >= 4 is 5.91 Å². The van der Waals surface area contributed by atoms with Crippen molar-refractivity contribution in [3.8, 4) is 0 Å². The van der Waals surface area contributed by atoms with Crippen molar-refractivity contribution in [1.82, 2.24) is 10.6 Å². The van der Waals surface area contributed by atoms with Gasteiger partial charge in [0.25, 0.3) is 0 Å². The Bertz CT molecular complexity index is 184. The lowest BCUT2D eigenvalue weighted by molar-refractivity contribution is -0.122. The van der Waals surface area contributed by atoms with Crippen molar-refractivity contribution in [2.75, 3.05) is 13.1 Å². The van der Waals surface area contributed by atoms with E-state index in [1.54, 1.807) is 0 Å². The van der Waals surface area contributed by atoms with Crippen LogP contribution in [0, 0.1) is 5.92 Å². The first kappa shape index (κ1) is 12.5. The number of carbonyl (C=O) groups excluding carboxylic acids is 1. The van der Waals surface area contributed by atoms with Crippen LogP contribution < -0.4 is 10.6 Å². The highest BCUT2D eigenvalue weighted by Gasteiger charge is 2.17. The minimum Gasteiger partial charge on any atom is -0.353 e. The Hall–Kier alpha value is -0.570. The zero-order valence-corrected chi connectivity index (χ0v) is 10.0. The molecule has 0 radical (unpaired) electrons. The summed E-state index contributed by atoms with van der Waals surface area (Å²) >= 11 is 0. The van der Waals surface area contributed by atoms with E-state index in [0.717, 1.165) is 45.2 Å². The van der Waals surface area contributed by atoms with Crippen molar-refractivity contribution in [1.29, 1.82) is 0 Å². The van der Waals surface area contributed by atoms with Crippen LogP contribution in [0.15, 0.2) is 0 Å². The van der Waals surface area contributed by atoms with E-state index < -0.39 is 0 Å². The average molecular weight is 212 g/mol. The summed E-state index contributed by atoms with van der Waals surface area (Å²) in [6, 6.07) is 0.374. The van der Waals surface area contributed by atoms with Crippen LogP contribution in [0.1, 0.15) is 46.0 Å². The average Bonchev–Trinajstić information content (AvgIpc) is 2.27. The van der Waals surface area contributed by atoms with Gasteiger partial charge in [-0.25, -0.2) is 0 Å². The van der Waals surface area contributed by atoms with Gasteiger partial charge in [0.15, 0.2) is 0 Å². The number of rotatable bonds is 5. The summed E-state index contributed by atoms with van der Waals surface area (Å²) in [5, 5.41) is 6.42. The van der Waals surface area contributed by atoms with E-state index in [2.05, 4.69) is 24.5 Å². The first-order chi connectivity index (χ1) is 7.26. The fraction of sp³-hybridized carbons (Fsp3) is 0.917. The van der Waals surface area contributed by atoms with Gasteiger partial charge in [-0.2, -0.15) is 0 Å². The molecule has 0 bridgehead atoms. The minimum absolute atomic E-state index is 0.246. The lowest BCUT2D eigenvalue weighted by Gasteiger charge is -2.23. The van der Waals surface area contributed by atoms with Crippen LogP contribution in [0.25, 0.3) is 0 Å². The zero-order chi connectivity index (χ0) is 11.1. The molecular weight excluding hydrogens is 188 g/mol. The van der Waals surface area contributed by atoms with E-state index in [0.29, 0.717) is 12.0 Å². The topological polar surface area (TPSA) is 41.1 Å². The third-order valence-electron chi connectivity index (χ3n) is 3.28. The molecule has 1 fully saturated rings. The zero-order valence-electron chi connectivity index (χ0n) is 10.0. The van der Waals surface area contributed by atoms with Crippen LogP contribution >= 0.6 is 0 Å². The quantitative estimate of drug-likeness (QED) is 0.728. The molecule has 1 heterocycles. The molecule has 3 nitrogen and oxygen atoms in total. The third kappa shape index (κ3) is 4.65. The number of piperidine rings is 1. The molecule has 0 unspecified atom stereocenters. The van der Waals surface area contributed by atoms with E-state index >= 15 is 0 Å². The van der Waals surface area contributed by atoms with E-state index in [4.69, 9.17) is 0 Å². The Morgan fingerprint density at radius 3 is 2.47 bits per heavy atom. The predicted octanol–water partition coefficient (Wildman–Crippen LogP) is 1.68. The normalized spacial score (nSPS) is 18.1. The van der Waals surface area contributed by atoms with Crippen LogP contribution in [0.3, 0.4) is 0 Å². The first-order valence-corrected chi connectivity index (χ1v) is 6.26. The number of hydrogen-bond acceptors (Lipinski definition) is 2. The third-order valence-corrected chi connectivity index (χ3v) is 3.28. The van der Waals surface area contributed by atoms with E-state index in [1.165, 1.54) is 0 Å². The standard InChI is InChI=1S/C12H24N2O/c1-3-11(4-2)14-12(15)9-10-5-7-13-8-6-10/h10-11,13H,3-9H2,1-2H3,(H,14,15). The summed E-state index contributed by atoms with van der Waals surface area (Å²) in [5.41, 5.74) is 0. The second-order valence-corrected chi connectivity index (χ2v) is 4.48. The maximum absolute atomic E-state index is 11.7. The van der Waals surface area contributed by atoms with Crippen LogP contribution in [0.2, 0.25) is 0 Å². The van der Waals surface area contributed by atoms with Gasteiger partial charge >= 0.3 is 0 Å². The highest BCUT2D eigenvalue weighted by Crippen LogP contribution is 2.15. The van der Waals surface area contributed by atoms with Crippen molar-refractivity contribution in [3.05, 3.63) is 0 Å². The Kier molecular flexibility index (Phi) is 5.69. The summed E-state index contributed by atoms with van der Waals surface area (Å²) in [6.45, 7) is 6.39. The Labute approximate surface area is 93.0 Å². The molecule has 0 aromatic carbocycles. The van der Waals surface area contributed by atoms with Crippen molar-refractivity contribution in [2.24, 2.45) is 5.92 Å². The van der Waals surface area contributed by atoms with Gasteiger partial charge in [-0.1, -0.05) is 13.8 Å². The molecular formula is C12H24N2O. The van der Waals surface area contributed by atoms with Gasteiger partial charge < -0.3 is 10.6 Å². The van der Waals surface area contributed by atoms with Gasteiger partial charge in [0.2, 0.25) is 5.91 Å². The van der Waals surface area contributed by atoms with Gasteiger partial charge in [-0.15, -0.1) is 0 Å². The maximum atomic E-state index is 11.7. The SMILES string of the molecule is CCC(CC)NC(=O)CC1CCNCC1. The Morgan fingerprint density at radius 2 is 1.93 bits per heavy atom. The molecule has 15 heavy (non-hydrogen) atoms. The Balaban J connectivity index is 2.21. The Morgan fingerprint density at radius 1 is 1.33 bits per heavy atom. The number of amides is 1. The molecule has 0 aliphatic carbocycles. The molecule has 1 aliphatic rings. The van der Waals surface area contributed by atoms with E-state index in [-0.39, 0.29) is 5.91 Å². The summed E-state index contributed by atoms with van der Waals surface area (Å²) in [5.74, 6) is 0.844. The van der Waals surface area contributed by atoms with Crippen LogP contribution in [-0.4, -0.2) is 25.0 Å². The predicted molar refractivity (Wildman–Crippen MR) is 62.7 cm³/mol. The summed E-state index contributed by atoms with van der Waals surface area (Å²) in [4.78, 5) is 11.7. The second-order valence-electron chi connectivity index (χ2n) is 4.48. The lowest BCUT2D eigenvalue weighted by atomic mass is 9.94. The van der Waals surface area contributed by atoms with Crippen molar-refractivity contribution in [3.63, 3.8) is 0 Å². The van der Waals surface area contributed by atoms with E-state index in [1.807, 2.05) is 0 Å². The molecule has 3 heteroatoms. The molecule has 1 saturated heterocycles. The largest absolute Gasteiger partial charge is 0.353 e. The lowest BCUT2D eigenvalue weighted by Crippen LogP contribution is -2.37. The summed E-state index contributed by atoms with van der Waals surface area (Å²) < 4.78 is 0. The molecule has 0 aromatic heterocycles. The number of hydrogen-bond donors (Lipinski definition) is 2. The van der Waals surface area contributed by atoms with E-state index in [9.17, 15) is 4.79 Å². The van der Waals surface area contributed by atoms with Gasteiger partial charge in [-0.3, -0.25) is 4.79 Å². The fourth-order valence-electron chi connectivity index (χ4n) is 2.13. The van der Waals surface area contributed by atoms with Gasteiger partial charge in [0.1, 0.15) is 0 Å². The molecule has 0 aromatic rings.